The van der Waals surface area contributed by atoms with Gasteiger partial charge >= 0.3 is 6.18 Å². The van der Waals surface area contributed by atoms with E-state index in [-0.39, 0.29) is 17.7 Å². The van der Waals surface area contributed by atoms with Gasteiger partial charge in [0, 0.05) is 30.7 Å². The molecule has 0 spiro atoms. The third-order valence-electron chi connectivity index (χ3n) is 4.82. The molecule has 2 aliphatic rings. The highest BCUT2D eigenvalue weighted by atomic mass is 19.4. The summed E-state index contributed by atoms with van der Waals surface area (Å²) in [4.78, 5) is 14.4. The van der Waals surface area contributed by atoms with Gasteiger partial charge in [-0.05, 0) is 49.9 Å². The zero-order valence-electron chi connectivity index (χ0n) is 13.5. The summed E-state index contributed by atoms with van der Waals surface area (Å²) in [6.07, 6.45) is -0.150. The summed E-state index contributed by atoms with van der Waals surface area (Å²) >= 11 is 0. The van der Waals surface area contributed by atoms with E-state index in [1.807, 2.05) is 0 Å². The smallest absolute Gasteiger partial charge is 0.422 e. The third-order valence-corrected chi connectivity index (χ3v) is 4.82. The molecule has 1 amide bonds. The van der Waals surface area contributed by atoms with Crippen LogP contribution in [0.2, 0.25) is 0 Å². The molecular weight excluding hydrogens is 321 g/mol. The first-order valence-corrected chi connectivity index (χ1v) is 8.14. The van der Waals surface area contributed by atoms with E-state index in [1.165, 1.54) is 24.3 Å². The van der Waals surface area contributed by atoms with Crippen LogP contribution in [0.15, 0.2) is 24.3 Å². The number of fused-ring (bicyclic) bond motifs is 2. The van der Waals surface area contributed by atoms with E-state index in [4.69, 9.17) is 0 Å². The van der Waals surface area contributed by atoms with Gasteiger partial charge in [-0.2, -0.15) is 13.2 Å². The molecule has 2 bridgehead atoms. The fraction of sp³-hybridized carbons (Fsp3) is 0.588. The number of amides is 1. The van der Waals surface area contributed by atoms with Crippen molar-refractivity contribution in [3.05, 3.63) is 29.8 Å². The molecule has 1 aromatic carbocycles. The van der Waals surface area contributed by atoms with Gasteiger partial charge in [-0.1, -0.05) is 0 Å². The van der Waals surface area contributed by atoms with Gasteiger partial charge in [0.1, 0.15) is 5.75 Å². The predicted octanol–water partition coefficient (Wildman–Crippen LogP) is 2.98. The zero-order chi connectivity index (χ0) is 17.3. The van der Waals surface area contributed by atoms with Crippen LogP contribution < -0.4 is 10.1 Å². The van der Waals surface area contributed by atoms with Crippen molar-refractivity contribution < 1.29 is 22.7 Å². The second-order valence-electron chi connectivity index (χ2n) is 6.61. The number of hydrogen-bond acceptors (Lipinski definition) is 3. The molecule has 2 saturated heterocycles. The molecule has 3 rings (SSSR count). The molecule has 2 fully saturated rings. The Kier molecular flexibility index (Phi) is 4.71. The summed E-state index contributed by atoms with van der Waals surface area (Å²) < 4.78 is 41.1. The van der Waals surface area contributed by atoms with Crippen molar-refractivity contribution in [3.63, 3.8) is 0 Å². The largest absolute Gasteiger partial charge is 0.484 e. The van der Waals surface area contributed by atoms with Crippen LogP contribution in [0.1, 0.15) is 36.0 Å². The van der Waals surface area contributed by atoms with Gasteiger partial charge < -0.3 is 15.0 Å². The number of ether oxygens (including phenoxy) is 1. The third kappa shape index (κ3) is 4.01. The second-order valence-corrected chi connectivity index (χ2v) is 6.61. The van der Waals surface area contributed by atoms with Gasteiger partial charge in [0.25, 0.3) is 5.91 Å². The lowest BCUT2D eigenvalue weighted by Gasteiger charge is -2.35. The highest BCUT2D eigenvalue weighted by molar-refractivity contribution is 5.94. The number of rotatable bonds is 4. The molecule has 0 aliphatic carbocycles. The second kappa shape index (κ2) is 6.63. The van der Waals surface area contributed by atoms with Crippen LogP contribution >= 0.6 is 0 Å². The summed E-state index contributed by atoms with van der Waals surface area (Å²) in [6, 6.07) is 7.01. The average molecular weight is 342 g/mol. The van der Waals surface area contributed by atoms with Crippen LogP contribution in [0.3, 0.4) is 0 Å². The Morgan fingerprint density at radius 1 is 1.21 bits per heavy atom. The van der Waals surface area contributed by atoms with E-state index in [0.717, 1.165) is 25.7 Å². The standard InChI is InChI=1S/C17H21F3N2O2/c1-22(14-8-12-4-5-13(9-14)21-12)16(23)11-2-6-15(7-3-11)24-10-17(18,19)20/h2-3,6-7,12-14,21H,4-5,8-10H2,1H3. The maximum Gasteiger partial charge on any atom is 0.422 e. The number of nitrogens with zero attached hydrogens (tertiary/aromatic N) is 1. The Labute approximate surface area is 139 Å². The summed E-state index contributed by atoms with van der Waals surface area (Å²) in [6.45, 7) is -1.34. The molecule has 2 atom stereocenters. The van der Waals surface area contributed by atoms with Crippen molar-refractivity contribution in [1.82, 2.24) is 10.2 Å². The van der Waals surface area contributed by atoms with E-state index >= 15 is 0 Å². The minimum atomic E-state index is -4.37. The molecule has 0 radical (unpaired) electrons. The topological polar surface area (TPSA) is 41.6 Å². The normalized spacial score (nSPS) is 26.2. The lowest BCUT2D eigenvalue weighted by atomic mass is 9.98. The Morgan fingerprint density at radius 2 is 1.79 bits per heavy atom. The molecule has 0 saturated carbocycles. The van der Waals surface area contributed by atoms with Crippen LogP contribution in [-0.4, -0.2) is 48.8 Å². The van der Waals surface area contributed by atoms with Crippen molar-refractivity contribution in [1.29, 1.82) is 0 Å². The Morgan fingerprint density at radius 3 is 2.33 bits per heavy atom. The summed E-state index contributed by atoms with van der Waals surface area (Å²) in [5, 5.41) is 3.54. The monoisotopic (exact) mass is 342 g/mol. The van der Waals surface area contributed by atoms with E-state index in [0.29, 0.717) is 17.6 Å². The maximum absolute atomic E-state index is 12.6. The molecule has 4 nitrogen and oxygen atoms in total. The Balaban J connectivity index is 1.60. The summed E-state index contributed by atoms with van der Waals surface area (Å²) in [5.41, 5.74) is 0.461. The summed E-state index contributed by atoms with van der Waals surface area (Å²) in [5.74, 6) is -0.00453. The molecule has 1 aromatic rings. The molecule has 132 valence electrons. The first-order valence-electron chi connectivity index (χ1n) is 8.14. The Hall–Kier alpha value is -1.76. The van der Waals surface area contributed by atoms with Gasteiger partial charge in [0.05, 0.1) is 0 Å². The van der Waals surface area contributed by atoms with Crippen LogP contribution in [0.25, 0.3) is 0 Å². The minimum absolute atomic E-state index is 0.103. The Bertz CT molecular complexity index is 576. The molecular formula is C17H21F3N2O2. The van der Waals surface area contributed by atoms with Crippen molar-refractivity contribution in [2.45, 2.75) is 50.0 Å². The first-order chi connectivity index (χ1) is 11.3. The molecule has 2 heterocycles. The number of carbonyl (C=O) groups excluding carboxylic acids is 1. The number of carbonyl (C=O) groups is 1. The fourth-order valence-corrected chi connectivity index (χ4v) is 3.57. The molecule has 0 aromatic heterocycles. The first kappa shape index (κ1) is 17.1. The van der Waals surface area contributed by atoms with E-state index in [9.17, 15) is 18.0 Å². The molecule has 24 heavy (non-hydrogen) atoms. The number of benzene rings is 1. The quantitative estimate of drug-likeness (QED) is 0.915. The van der Waals surface area contributed by atoms with Crippen LogP contribution in [0.4, 0.5) is 13.2 Å². The van der Waals surface area contributed by atoms with Gasteiger partial charge in [-0.3, -0.25) is 4.79 Å². The van der Waals surface area contributed by atoms with Gasteiger partial charge in [0.2, 0.25) is 0 Å². The number of alkyl halides is 3. The maximum atomic E-state index is 12.6. The number of halogens is 3. The lowest BCUT2D eigenvalue weighted by molar-refractivity contribution is -0.153. The average Bonchev–Trinajstić information content (AvgIpc) is 2.89. The van der Waals surface area contributed by atoms with E-state index in [1.54, 1.807) is 11.9 Å². The van der Waals surface area contributed by atoms with Crippen molar-refractivity contribution in [2.24, 2.45) is 0 Å². The van der Waals surface area contributed by atoms with Crippen molar-refractivity contribution >= 4 is 5.91 Å². The number of piperidine rings is 1. The summed E-state index contributed by atoms with van der Waals surface area (Å²) in [7, 11) is 1.80. The molecule has 2 unspecified atom stereocenters. The van der Waals surface area contributed by atoms with Crippen molar-refractivity contribution in [3.8, 4) is 5.75 Å². The molecule has 2 aliphatic heterocycles. The van der Waals surface area contributed by atoms with Crippen LogP contribution in [0, 0.1) is 0 Å². The van der Waals surface area contributed by atoms with E-state index < -0.39 is 12.8 Å². The number of nitrogens with one attached hydrogen (secondary N) is 1. The van der Waals surface area contributed by atoms with Crippen LogP contribution in [-0.2, 0) is 0 Å². The molecule has 1 N–H and O–H groups in total. The zero-order valence-corrected chi connectivity index (χ0v) is 13.5. The van der Waals surface area contributed by atoms with Crippen molar-refractivity contribution in [2.75, 3.05) is 13.7 Å². The molecule has 7 heteroatoms. The lowest BCUT2D eigenvalue weighted by Crippen LogP contribution is -2.48. The van der Waals surface area contributed by atoms with Gasteiger partial charge in [-0.15, -0.1) is 0 Å². The van der Waals surface area contributed by atoms with Gasteiger partial charge in [0.15, 0.2) is 6.61 Å². The predicted molar refractivity (Wildman–Crippen MR) is 83.1 cm³/mol. The number of hydrogen-bond donors (Lipinski definition) is 1. The van der Waals surface area contributed by atoms with Gasteiger partial charge in [-0.25, -0.2) is 0 Å². The fourth-order valence-electron chi connectivity index (χ4n) is 3.57. The van der Waals surface area contributed by atoms with Crippen LogP contribution in [0.5, 0.6) is 5.75 Å². The SMILES string of the molecule is CN(C(=O)c1ccc(OCC(F)(F)F)cc1)C1CC2CCC(C1)N2. The van der Waals surface area contributed by atoms with E-state index in [2.05, 4.69) is 10.1 Å². The minimum Gasteiger partial charge on any atom is -0.484 e. The highest BCUT2D eigenvalue weighted by Crippen LogP contribution is 2.30. The highest BCUT2D eigenvalue weighted by Gasteiger charge is 2.36.